The molecule has 0 aliphatic rings. The van der Waals surface area contributed by atoms with Crippen molar-refractivity contribution in [2.24, 2.45) is 0 Å². The first-order chi connectivity index (χ1) is 8.40. The highest BCUT2D eigenvalue weighted by molar-refractivity contribution is 7.40. The SMILES string of the molecule is O=C([O-])C(=O)C[C@@H](O)[C@H](O)[C@H](O)CO.O=P([O-])([O-])[O-]. The van der Waals surface area contributed by atoms with E-state index in [9.17, 15) is 14.7 Å². The summed E-state index contributed by atoms with van der Waals surface area (Å²) >= 11 is 0. The molecule has 0 heterocycles. The van der Waals surface area contributed by atoms with Gasteiger partial charge >= 0.3 is 0 Å². The standard InChI is InChI=1S/C7H12O7.H3O4P/c8-2-5(11)6(12)3(9)1-4(10)7(13)14;1-5(2,3)4/h3,5-6,8-9,11-12H,1-2H2,(H,13,14);(H3,1,2,3,4)/p-4/t3-,5-,6+;/m1./s1. The molecule has 0 bridgehead atoms. The topological polar surface area (TPSA) is 224 Å². The van der Waals surface area contributed by atoms with E-state index >= 15 is 0 Å². The maximum absolute atomic E-state index is 10.5. The van der Waals surface area contributed by atoms with Crippen molar-refractivity contribution in [3.8, 4) is 0 Å². The smallest absolute Gasteiger partial charge is 0.180 e. The quantitative estimate of drug-likeness (QED) is 0.266. The van der Waals surface area contributed by atoms with E-state index in [0.717, 1.165) is 0 Å². The first kappa shape index (κ1) is 20.4. The van der Waals surface area contributed by atoms with Crippen LogP contribution in [0.15, 0.2) is 0 Å². The normalized spacial score (nSPS) is 15.7. The first-order valence-corrected chi connectivity index (χ1v) is 5.98. The molecule has 0 aromatic rings. The van der Waals surface area contributed by atoms with Crippen molar-refractivity contribution in [2.75, 3.05) is 6.61 Å². The van der Waals surface area contributed by atoms with Crippen LogP contribution in [0, 0.1) is 0 Å². The van der Waals surface area contributed by atoms with Gasteiger partial charge in [0.15, 0.2) is 5.78 Å². The van der Waals surface area contributed by atoms with E-state index in [4.69, 9.17) is 39.7 Å². The van der Waals surface area contributed by atoms with E-state index in [-0.39, 0.29) is 0 Å². The minimum atomic E-state index is -5.39. The maximum Gasteiger partial charge on any atom is 0.180 e. The number of Topliss-reactive ketones (excluding diaryl/α,β-unsaturated/α-hetero) is 1. The molecule has 12 heteroatoms. The Hall–Kier alpha value is -0.910. The summed E-state index contributed by atoms with van der Waals surface area (Å²) in [6.07, 6.45) is -6.02. The molecule has 0 unspecified atom stereocenters. The minimum absolute atomic E-state index is 0.808. The summed E-state index contributed by atoms with van der Waals surface area (Å²) in [5.41, 5.74) is 0. The zero-order valence-electron chi connectivity index (χ0n) is 9.24. The van der Waals surface area contributed by atoms with Gasteiger partial charge < -0.3 is 49.6 Å². The van der Waals surface area contributed by atoms with E-state index in [2.05, 4.69) is 0 Å². The van der Waals surface area contributed by atoms with Gasteiger partial charge in [0, 0.05) is 6.42 Å². The lowest BCUT2D eigenvalue weighted by atomic mass is 10.0. The van der Waals surface area contributed by atoms with Crippen LogP contribution in [0.5, 0.6) is 0 Å². The Morgan fingerprint density at radius 1 is 1.05 bits per heavy atom. The lowest BCUT2D eigenvalue weighted by molar-refractivity contribution is -0.432. The predicted octanol–water partition coefficient (Wildman–Crippen LogP) is -7.05. The number of aliphatic carboxylic acids is 1. The van der Waals surface area contributed by atoms with Crippen molar-refractivity contribution in [1.29, 1.82) is 0 Å². The molecule has 0 aliphatic carbocycles. The second-order valence-corrected chi connectivity index (χ2v) is 4.06. The number of rotatable bonds is 6. The summed E-state index contributed by atoms with van der Waals surface area (Å²) in [4.78, 5) is 46.1. The minimum Gasteiger partial charge on any atom is -0.822 e. The highest BCUT2D eigenvalue weighted by atomic mass is 31.2. The van der Waals surface area contributed by atoms with Crippen LogP contribution < -0.4 is 19.8 Å². The summed E-state index contributed by atoms with van der Waals surface area (Å²) in [5, 5.41) is 45.1. The molecule has 3 atom stereocenters. The van der Waals surface area contributed by atoms with Crippen molar-refractivity contribution in [3.05, 3.63) is 0 Å². The highest BCUT2D eigenvalue weighted by Crippen LogP contribution is 2.04. The summed E-state index contributed by atoms with van der Waals surface area (Å²) in [6.45, 7) is -0.808. The number of carbonyl (C=O) groups excluding carboxylic acids is 2. The average molecular weight is 302 g/mol. The van der Waals surface area contributed by atoms with Gasteiger partial charge in [-0.3, -0.25) is 4.79 Å². The van der Waals surface area contributed by atoms with E-state index in [1.54, 1.807) is 0 Å². The molecule has 0 spiro atoms. The number of ketones is 1. The summed E-state index contributed by atoms with van der Waals surface area (Å²) < 4.78 is 8.55. The number of phosphoric acid groups is 1. The highest BCUT2D eigenvalue weighted by Gasteiger charge is 2.26. The van der Waals surface area contributed by atoms with E-state index in [1.165, 1.54) is 0 Å². The molecular formula is C7H11O11P-4. The van der Waals surface area contributed by atoms with Gasteiger partial charge in [0.05, 0.1) is 12.7 Å². The zero-order chi connectivity index (χ0) is 15.8. The molecule has 11 nitrogen and oxygen atoms in total. The van der Waals surface area contributed by atoms with Crippen LogP contribution >= 0.6 is 7.82 Å². The Kier molecular flexibility index (Phi) is 9.74. The van der Waals surface area contributed by atoms with Crippen molar-refractivity contribution in [1.82, 2.24) is 0 Å². The van der Waals surface area contributed by atoms with Gasteiger partial charge in [-0.15, -0.1) is 0 Å². The van der Waals surface area contributed by atoms with Crippen LogP contribution in [0.25, 0.3) is 0 Å². The summed E-state index contributed by atoms with van der Waals surface area (Å²) in [6, 6.07) is 0. The molecule has 0 saturated carbocycles. The van der Waals surface area contributed by atoms with Crippen molar-refractivity contribution in [3.63, 3.8) is 0 Å². The number of aliphatic hydroxyl groups is 4. The molecule has 0 amide bonds. The largest absolute Gasteiger partial charge is 0.822 e. The lowest BCUT2D eigenvalue weighted by Crippen LogP contribution is -2.43. The van der Waals surface area contributed by atoms with Crippen LogP contribution in [0.3, 0.4) is 0 Å². The van der Waals surface area contributed by atoms with Crippen molar-refractivity contribution >= 4 is 19.6 Å². The second-order valence-electron chi connectivity index (χ2n) is 3.17. The first-order valence-electron chi connectivity index (χ1n) is 4.52. The van der Waals surface area contributed by atoms with Gasteiger partial charge in [-0.1, -0.05) is 0 Å². The molecule has 114 valence electrons. The number of hydrogen-bond donors (Lipinski definition) is 4. The Morgan fingerprint density at radius 2 is 1.42 bits per heavy atom. The molecule has 0 saturated heterocycles. The van der Waals surface area contributed by atoms with Gasteiger partial charge in [-0.2, -0.15) is 7.82 Å². The van der Waals surface area contributed by atoms with Gasteiger partial charge in [-0.05, 0) is 0 Å². The fourth-order valence-corrected chi connectivity index (χ4v) is 0.758. The third kappa shape index (κ3) is 13.3. The molecular weight excluding hydrogens is 291 g/mol. The number of carboxylic acid groups (broad SMARTS) is 1. The van der Waals surface area contributed by atoms with Gasteiger partial charge in [0.2, 0.25) is 0 Å². The lowest BCUT2D eigenvalue weighted by Gasteiger charge is -2.36. The fraction of sp³-hybridized carbons (Fsp3) is 0.714. The Bertz CT molecular complexity index is 328. The molecule has 0 rings (SSSR count). The predicted molar refractivity (Wildman–Crippen MR) is 47.3 cm³/mol. The monoisotopic (exact) mass is 302 g/mol. The third-order valence-electron chi connectivity index (χ3n) is 1.60. The van der Waals surface area contributed by atoms with Gasteiger partial charge in [-0.25, -0.2) is 0 Å². The summed E-state index contributed by atoms with van der Waals surface area (Å²) in [5.74, 6) is -3.36. The molecule has 0 radical (unpaired) electrons. The molecule has 0 aromatic carbocycles. The second kappa shape index (κ2) is 9.07. The van der Waals surface area contributed by atoms with Crippen LogP contribution in [0.4, 0.5) is 0 Å². The van der Waals surface area contributed by atoms with Gasteiger partial charge in [0.1, 0.15) is 18.2 Å². The van der Waals surface area contributed by atoms with Crippen LogP contribution in [0.1, 0.15) is 6.42 Å². The van der Waals surface area contributed by atoms with E-state index in [1.807, 2.05) is 0 Å². The summed E-state index contributed by atoms with van der Waals surface area (Å²) in [7, 11) is -5.39. The van der Waals surface area contributed by atoms with Crippen molar-refractivity contribution in [2.45, 2.75) is 24.7 Å². The van der Waals surface area contributed by atoms with Crippen LogP contribution in [-0.4, -0.2) is 57.1 Å². The Balaban J connectivity index is 0. The van der Waals surface area contributed by atoms with E-state index in [0.29, 0.717) is 0 Å². The Labute approximate surface area is 106 Å². The van der Waals surface area contributed by atoms with Crippen LogP contribution in [0.2, 0.25) is 0 Å². The van der Waals surface area contributed by atoms with Crippen LogP contribution in [-0.2, 0) is 14.2 Å². The molecule has 4 N–H and O–H groups in total. The molecule has 0 aliphatic heterocycles. The molecule has 19 heavy (non-hydrogen) atoms. The zero-order valence-corrected chi connectivity index (χ0v) is 10.1. The maximum atomic E-state index is 10.5. The average Bonchev–Trinajstić information content (AvgIpc) is 2.24. The Morgan fingerprint density at radius 3 is 1.68 bits per heavy atom. The molecule has 0 aromatic heterocycles. The van der Waals surface area contributed by atoms with E-state index < -0.39 is 50.9 Å². The number of carbonyl (C=O) groups is 2. The van der Waals surface area contributed by atoms with Gasteiger partial charge in [0.25, 0.3) is 0 Å². The third-order valence-corrected chi connectivity index (χ3v) is 1.60. The molecule has 0 fully saturated rings. The number of aliphatic hydroxyl groups excluding tert-OH is 4. The van der Waals surface area contributed by atoms with Crippen molar-refractivity contribution < 1.29 is 54.4 Å². The number of hydrogen-bond acceptors (Lipinski definition) is 11. The fourth-order valence-electron chi connectivity index (χ4n) is 0.758. The number of carboxylic acids is 1.